The van der Waals surface area contributed by atoms with Crippen LogP contribution in [-0.4, -0.2) is 23.8 Å². The van der Waals surface area contributed by atoms with Crippen LogP contribution in [0.25, 0.3) is 10.9 Å². The zero-order chi connectivity index (χ0) is 20.3. The second-order valence-corrected chi connectivity index (χ2v) is 7.69. The molecule has 1 N–H and O–H groups in total. The Kier molecular flexibility index (Phi) is 6.62. The summed E-state index contributed by atoms with van der Waals surface area (Å²) in [6.07, 6.45) is 3.59. The van der Waals surface area contributed by atoms with Crippen LogP contribution in [0.5, 0.6) is 0 Å². The van der Waals surface area contributed by atoms with E-state index in [1.165, 1.54) is 18.2 Å². The molecule has 3 nitrogen and oxygen atoms in total. The van der Waals surface area contributed by atoms with Crippen LogP contribution in [0.1, 0.15) is 36.0 Å². The summed E-state index contributed by atoms with van der Waals surface area (Å²) < 4.78 is 34.0. The second kappa shape index (κ2) is 8.97. The first kappa shape index (κ1) is 20.7. The van der Waals surface area contributed by atoms with Crippen LogP contribution >= 0.6 is 23.4 Å². The Balaban J connectivity index is 2.16. The summed E-state index contributed by atoms with van der Waals surface area (Å²) in [6, 6.07) is 7.25. The highest BCUT2D eigenvalue weighted by Gasteiger charge is 2.25. The monoisotopic (exact) mass is 423 g/mol. The lowest BCUT2D eigenvalue weighted by Crippen LogP contribution is -2.12. The molecule has 0 fully saturated rings. The van der Waals surface area contributed by atoms with Crippen LogP contribution in [0.4, 0.5) is 8.78 Å². The number of rotatable bonds is 7. The standard InChI is InChI=1S/C21H20ClF2NO2S/c1-3-27-20(26)9-16(15-5-4-13(22)7-19(15)24)18-10-25-21-12(11-28-2)6-14(23)8-17(18)21/h4-8,10,16,25H,3,9,11H2,1-2H3. The number of ether oxygens (including phenoxy) is 1. The highest BCUT2D eigenvalue weighted by atomic mass is 35.5. The third-order valence-corrected chi connectivity index (χ3v) is 5.39. The summed E-state index contributed by atoms with van der Waals surface area (Å²) in [5, 5.41) is 0.899. The van der Waals surface area contributed by atoms with Crippen LogP contribution in [0, 0.1) is 11.6 Å². The predicted octanol–water partition coefficient (Wildman–Crippen LogP) is 6.05. The average Bonchev–Trinajstić information content (AvgIpc) is 3.04. The molecule has 0 aliphatic heterocycles. The zero-order valence-corrected chi connectivity index (χ0v) is 17.1. The molecular weight excluding hydrogens is 404 g/mol. The van der Waals surface area contributed by atoms with E-state index in [1.54, 1.807) is 37.0 Å². The molecular formula is C21H20ClF2NO2S. The van der Waals surface area contributed by atoms with Crippen molar-refractivity contribution in [1.29, 1.82) is 0 Å². The van der Waals surface area contributed by atoms with Crippen molar-refractivity contribution in [2.75, 3.05) is 12.9 Å². The zero-order valence-electron chi connectivity index (χ0n) is 15.5. The first-order chi connectivity index (χ1) is 13.4. The maximum atomic E-state index is 14.7. The number of halogens is 3. The molecule has 0 bridgehead atoms. The molecule has 0 aliphatic rings. The van der Waals surface area contributed by atoms with E-state index in [0.717, 1.165) is 11.1 Å². The van der Waals surface area contributed by atoms with E-state index in [1.807, 2.05) is 6.26 Å². The van der Waals surface area contributed by atoms with E-state index in [0.29, 0.717) is 22.3 Å². The number of thioether (sulfide) groups is 1. The van der Waals surface area contributed by atoms with Crippen LogP contribution in [0.15, 0.2) is 36.5 Å². The molecule has 148 valence electrons. The number of hydrogen-bond acceptors (Lipinski definition) is 3. The lowest BCUT2D eigenvalue weighted by atomic mass is 9.87. The SMILES string of the molecule is CCOC(=O)CC(c1ccc(Cl)cc1F)c1c[nH]c2c(CSC)cc(F)cc12. The highest BCUT2D eigenvalue weighted by molar-refractivity contribution is 7.97. The maximum Gasteiger partial charge on any atom is 0.306 e. The molecule has 1 aromatic heterocycles. The van der Waals surface area contributed by atoms with E-state index in [4.69, 9.17) is 16.3 Å². The van der Waals surface area contributed by atoms with Crippen molar-refractivity contribution in [3.8, 4) is 0 Å². The highest BCUT2D eigenvalue weighted by Crippen LogP contribution is 2.37. The molecule has 1 heterocycles. The molecule has 0 amide bonds. The minimum Gasteiger partial charge on any atom is -0.466 e. The molecule has 28 heavy (non-hydrogen) atoms. The van der Waals surface area contributed by atoms with Gasteiger partial charge in [0.1, 0.15) is 11.6 Å². The summed E-state index contributed by atoms with van der Waals surface area (Å²) >= 11 is 7.46. The Labute approximate surface area is 171 Å². The van der Waals surface area contributed by atoms with Gasteiger partial charge in [-0.25, -0.2) is 8.78 Å². The van der Waals surface area contributed by atoms with Crippen LogP contribution in [0.2, 0.25) is 5.02 Å². The number of nitrogens with one attached hydrogen (secondary N) is 1. The van der Waals surface area contributed by atoms with Crippen molar-refractivity contribution >= 4 is 40.2 Å². The van der Waals surface area contributed by atoms with Crippen LogP contribution < -0.4 is 0 Å². The Bertz CT molecular complexity index is 1010. The molecule has 0 radical (unpaired) electrons. The predicted molar refractivity (Wildman–Crippen MR) is 110 cm³/mol. The van der Waals surface area contributed by atoms with Crippen LogP contribution in [0.3, 0.4) is 0 Å². The molecule has 0 saturated carbocycles. The van der Waals surface area contributed by atoms with Gasteiger partial charge >= 0.3 is 5.97 Å². The van der Waals surface area contributed by atoms with E-state index >= 15 is 0 Å². The molecule has 7 heteroatoms. The van der Waals surface area contributed by atoms with E-state index < -0.39 is 17.7 Å². The van der Waals surface area contributed by atoms with Gasteiger partial charge in [0.05, 0.1) is 13.0 Å². The van der Waals surface area contributed by atoms with Gasteiger partial charge in [0.25, 0.3) is 0 Å². The fourth-order valence-corrected chi connectivity index (χ4v) is 4.10. The Morgan fingerprint density at radius 2 is 2.04 bits per heavy atom. The Morgan fingerprint density at radius 1 is 1.25 bits per heavy atom. The third-order valence-electron chi connectivity index (χ3n) is 4.56. The lowest BCUT2D eigenvalue weighted by Gasteiger charge is -2.18. The first-order valence-corrected chi connectivity index (χ1v) is 10.6. The molecule has 2 aromatic carbocycles. The summed E-state index contributed by atoms with van der Waals surface area (Å²) in [5.74, 6) is -1.34. The van der Waals surface area contributed by atoms with Gasteiger partial charge in [-0.05, 0) is 54.1 Å². The number of aromatic amines is 1. The van der Waals surface area contributed by atoms with Gasteiger partial charge in [-0.1, -0.05) is 17.7 Å². The number of esters is 1. The third kappa shape index (κ3) is 4.33. The largest absolute Gasteiger partial charge is 0.466 e. The van der Waals surface area contributed by atoms with Gasteiger partial charge in [0.15, 0.2) is 0 Å². The number of carbonyl (C=O) groups is 1. The first-order valence-electron chi connectivity index (χ1n) is 8.83. The number of aromatic nitrogens is 1. The van der Waals surface area contributed by atoms with Crippen molar-refractivity contribution in [1.82, 2.24) is 4.98 Å². The number of carbonyl (C=O) groups excluding carboxylic acids is 1. The lowest BCUT2D eigenvalue weighted by molar-refractivity contribution is -0.143. The minimum absolute atomic E-state index is 0.0618. The molecule has 1 atom stereocenters. The van der Waals surface area contributed by atoms with Gasteiger partial charge in [0, 0.05) is 33.8 Å². The normalized spacial score (nSPS) is 12.3. The summed E-state index contributed by atoms with van der Waals surface area (Å²) in [6.45, 7) is 1.95. The van der Waals surface area contributed by atoms with E-state index in [-0.39, 0.29) is 23.9 Å². The Morgan fingerprint density at radius 3 is 2.71 bits per heavy atom. The summed E-state index contributed by atoms with van der Waals surface area (Å²) in [4.78, 5) is 15.4. The molecule has 3 aromatic rings. The Hall–Kier alpha value is -2.05. The maximum absolute atomic E-state index is 14.7. The second-order valence-electron chi connectivity index (χ2n) is 6.39. The van der Waals surface area contributed by atoms with Crippen molar-refractivity contribution in [2.24, 2.45) is 0 Å². The van der Waals surface area contributed by atoms with Crippen molar-refractivity contribution in [2.45, 2.75) is 25.0 Å². The minimum atomic E-state index is -0.631. The number of benzene rings is 2. The van der Waals surface area contributed by atoms with E-state index in [9.17, 15) is 13.6 Å². The summed E-state index contributed by atoms with van der Waals surface area (Å²) in [5.41, 5.74) is 2.56. The van der Waals surface area contributed by atoms with Gasteiger partial charge < -0.3 is 9.72 Å². The molecule has 0 saturated heterocycles. The number of H-pyrrole nitrogens is 1. The van der Waals surface area contributed by atoms with Gasteiger partial charge in [0.2, 0.25) is 0 Å². The number of hydrogen-bond donors (Lipinski definition) is 1. The number of fused-ring (bicyclic) bond motifs is 1. The quantitative estimate of drug-likeness (QED) is 0.470. The van der Waals surface area contributed by atoms with Crippen molar-refractivity contribution in [3.05, 3.63) is 69.9 Å². The van der Waals surface area contributed by atoms with E-state index in [2.05, 4.69) is 4.98 Å². The summed E-state index contributed by atoms with van der Waals surface area (Å²) in [7, 11) is 0. The fourth-order valence-electron chi connectivity index (χ4n) is 3.40. The average molecular weight is 424 g/mol. The molecule has 0 spiro atoms. The van der Waals surface area contributed by atoms with Gasteiger partial charge in [-0.2, -0.15) is 11.8 Å². The topological polar surface area (TPSA) is 42.1 Å². The molecule has 0 aliphatic carbocycles. The van der Waals surface area contributed by atoms with Crippen molar-refractivity contribution in [3.63, 3.8) is 0 Å². The molecule has 3 rings (SSSR count). The molecule has 1 unspecified atom stereocenters. The van der Waals surface area contributed by atoms with Gasteiger partial charge in [-0.3, -0.25) is 4.79 Å². The van der Waals surface area contributed by atoms with Gasteiger partial charge in [-0.15, -0.1) is 0 Å². The van der Waals surface area contributed by atoms with Crippen LogP contribution in [-0.2, 0) is 15.3 Å². The fraction of sp³-hybridized carbons (Fsp3) is 0.286. The van der Waals surface area contributed by atoms with Crippen molar-refractivity contribution < 1.29 is 18.3 Å². The smallest absolute Gasteiger partial charge is 0.306 e.